The van der Waals surface area contributed by atoms with Crippen LogP contribution >= 0.6 is 11.3 Å². The van der Waals surface area contributed by atoms with E-state index < -0.39 is 11.6 Å². The summed E-state index contributed by atoms with van der Waals surface area (Å²) in [6.07, 6.45) is -0.153. The molecule has 162 valence electrons. The number of nitrogens with zero attached hydrogens (tertiary/aromatic N) is 3. The van der Waals surface area contributed by atoms with Crippen LogP contribution in [-0.2, 0) is 16.0 Å². The minimum absolute atomic E-state index is 0.151. The third kappa shape index (κ3) is 5.29. The van der Waals surface area contributed by atoms with E-state index in [2.05, 4.69) is 4.98 Å². The quantitative estimate of drug-likeness (QED) is 0.706. The Morgan fingerprint density at radius 2 is 1.87 bits per heavy atom. The Labute approximate surface area is 175 Å². The van der Waals surface area contributed by atoms with Crippen LogP contribution in [0.3, 0.4) is 0 Å². The lowest BCUT2D eigenvalue weighted by Crippen LogP contribution is -2.60. The summed E-state index contributed by atoms with van der Waals surface area (Å²) in [7, 11) is 0. The Bertz CT molecular complexity index is 924. The smallest absolute Gasteiger partial charge is 0.290 e. The largest absolute Gasteiger partial charge is 0.483 e. The van der Waals surface area contributed by atoms with E-state index in [-0.39, 0.29) is 42.4 Å². The van der Waals surface area contributed by atoms with Gasteiger partial charge in [-0.3, -0.25) is 14.4 Å². The molecule has 1 aliphatic rings. The lowest BCUT2D eigenvalue weighted by Gasteiger charge is -2.44. The highest BCUT2D eigenvalue weighted by molar-refractivity contribution is 7.13. The maximum absolute atomic E-state index is 13.8. The number of halogens is 2. The number of hydrogen-bond acceptors (Lipinski definition) is 6. The lowest BCUT2D eigenvalue weighted by molar-refractivity contribution is -0.136. The van der Waals surface area contributed by atoms with Gasteiger partial charge in [-0.25, -0.2) is 13.8 Å². The summed E-state index contributed by atoms with van der Waals surface area (Å²) in [4.78, 5) is 41.0. The van der Waals surface area contributed by atoms with Crippen LogP contribution in [0.5, 0.6) is 0 Å². The number of carboxylic acid groups (broad SMARTS) is 1. The maximum Gasteiger partial charge on any atom is 0.290 e. The van der Waals surface area contributed by atoms with Crippen LogP contribution in [0.2, 0.25) is 0 Å². The van der Waals surface area contributed by atoms with Crippen molar-refractivity contribution in [2.75, 3.05) is 18.8 Å². The highest BCUT2D eigenvalue weighted by Gasteiger charge is 2.36. The summed E-state index contributed by atoms with van der Waals surface area (Å²) in [5.41, 5.74) is 6.04. The molecule has 30 heavy (non-hydrogen) atoms. The number of carbonyl (C=O) groups is 3. The van der Waals surface area contributed by atoms with Gasteiger partial charge in [-0.15, -0.1) is 11.3 Å². The predicted octanol–water partition coefficient (Wildman–Crippen LogP) is 2.01. The molecule has 1 fully saturated rings. The zero-order valence-corrected chi connectivity index (χ0v) is 17.2. The molecule has 2 atom stereocenters. The van der Waals surface area contributed by atoms with Gasteiger partial charge in [0.1, 0.15) is 17.3 Å². The van der Waals surface area contributed by atoms with Crippen molar-refractivity contribution in [1.82, 2.24) is 14.8 Å². The molecule has 0 saturated carbocycles. The monoisotopic (exact) mass is 440 g/mol. The molecule has 0 bridgehead atoms. The SMILES string of the molecule is C[C@@H]1[C@H](C)N(C(=O)c2csc(N)n2)CCN1C(=O)Cc1ccc(F)cc1F.O=CO. The van der Waals surface area contributed by atoms with Gasteiger partial charge in [-0.05, 0) is 25.5 Å². The van der Waals surface area contributed by atoms with E-state index in [0.29, 0.717) is 23.9 Å². The summed E-state index contributed by atoms with van der Waals surface area (Å²) in [5, 5.41) is 8.83. The van der Waals surface area contributed by atoms with Gasteiger partial charge in [0.25, 0.3) is 12.4 Å². The third-order valence-electron chi connectivity index (χ3n) is 4.94. The summed E-state index contributed by atoms with van der Waals surface area (Å²) in [6.45, 7) is 4.13. The minimum atomic E-state index is -0.737. The van der Waals surface area contributed by atoms with E-state index in [1.807, 2.05) is 13.8 Å². The van der Waals surface area contributed by atoms with Crippen molar-refractivity contribution in [3.05, 3.63) is 46.5 Å². The Hall–Kier alpha value is -3.08. The molecule has 1 aromatic carbocycles. The first-order chi connectivity index (χ1) is 14.2. The number of thiazole rings is 1. The zero-order chi connectivity index (χ0) is 22.4. The third-order valence-corrected chi connectivity index (χ3v) is 5.62. The predicted molar refractivity (Wildman–Crippen MR) is 107 cm³/mol. The second kappa shape index (κ2) is 10.1. The minimum Gasteiger partial charge on any atom is -0.483 e. The highest BCUT2D eigenvalue weighted by Crippen LogP contribution is 2.22. The van der Waals surface area contributed by atoms with Gasteiger partial charge in [0, 0.05) is 36.6 Å². The van der Waals surface area contributed by atoms with Gasteiger partial charge in [0.2, 0.25) is 5.91 Å². The second-order valence-electron chi connectivity index (χ2n) is 6.66. The van der Waals surface area contributed by atoms with Crippen LogP contribution in [0.4, 0.5) is 13.9 Å². The molecule has 1 saturated heterocycles. The molecule has 0 aliphatic carbocycles. The number of aromatic nitrogens is 1. The molecule has 2 amide bonds. The number of nitrogen functional groups attached to an aromatic ring is 1. The fourth-order valence-electron chi connectivity index (χ4n) is 3.24. The molecule has 2 heterocycles. The number of piperazine rings is 1. The number of anilines is 1. The van der Waals surface area contributed by atoms with Gasteiger partial charge < -0.3 is 20.6 Å². The number of hydrogen-bond donors (Lipinski definition) is 2. The van der Waals surface area contributed by atoms with E-state index in [1.165, 1.54) is 17.4 Å². The fourth-order valence-corrected chi connectivity index (χ4v) is 3.78. The second-order valence-corrected chi connectivity index (χ2v) is 7.55. The van der Waals surface area contributed by atoms with Crippen LogP contribution in [-0.4, -0.2) is 63.4 Å². The fraction of sp³-hybridized carbons (Fsp3) is 0.368. The number of benzene rings is 1. The number of carbonyl (C=O) groups excluding carboxylic acids is 2. The lowest BCUT2D eigenvalue weighted by atomic mass is 10.0. The molecular formula is C19H22F2N4O4S. The summed E-state index contributed by atoms with van der Waals surface area (Å²) < 4.78 is 26.9. The molecule has 3 N–H and O–H groups in total. The zero-order valence-electron chi connectivity index (χ0n) is 16.4. The molecular weight excluding hydrogens is 418 g/mol. The summed E-state index contributed by atoms with van der Waals surface area (Å²) in [5.74, 6) is -1.90. The molecule has 11 heteroatoms. The Balaban J connectivity index is 0.00000101. The van der Waals surface area contributed by atoms with Crippen LogP contribution in [0.15, 0.2) is 23.6 Å². The van der Waals surface area contributed by atoms with Crippen LogP contribution < -0.4 is 5.73 Å². The van der Waals surface area contributed by atoms with E-state index in [9.17, 15) is 18.4 Å². The van der Waals surface area contributed by atoms with E-state index in [0.717, 1.165) is 12.1 Å². The topological polar surface area (TPSA) is 117 Å². The molecule has 1 aliphatic heterocycles. The van der Waals surface area contributed by atoms with Crippen molar-refractivity contribution < 1.29 is 28.3 Å². The van der Waals surface area contributed by atoms with E-state index in [1.54, 1.807) is 15.2 Å². The van der Waals surface area contributed by atoms with Crippen molar-refractivity contribution in [3.8, 4) is 0 Å². The Morgan fingerprint density at radius 3 is 2.43 bits per heavy atom. The molecule has 3 rings (SSSR count). The van der Waals surface area contributed by atoms with Crippen LogP contribution in [0.1, 0.15) is 29.9 Å². The average molecular weight is 440 g/mol. The molecule has 8 nitrogen and oxygen atoms in total. The van der Waals surface area contributed by atoms with Crippen molar-refractivity contribution in [1.29, 1.82) is 0 Å². The molecule has 0 radical (unpaired) electrons. The van der Waals surface area contributed by atoms with Crippen molar-refractivity contribution >= 4 is 34.8 Å². The number of nitrogens with two attached hydrogens (primary N) is 1. The van der Waals surface area contributed by atoms with Gasteiger partial charge in [0.15, 0.2) is 5.13 Å². The van der Waals surface area contributed by atoms with Crippen molar-refractivity contribution in [3.63, 3.8) is 0 Å². The normalized spacial score (nSPS) is 18.4. The van der Waals surface area contributed by atoms with Gasteiger partial charge in [-0.2, -0.15) is 0 Å². The summed E-state index contributed by atoms with van der Waals surface area (Å²) >= 11 is 1.20. The molecule has 0 spiro atoms. The number of amides is 2. The van der Waals surface area contributed by atoms with E-state index in [4.69, 9.17) is 15.6 Å². The van der Waals surface area contributed by atoms with Crippen LogP contribution in [0, 0.1) is 11.6 Å². The summed E-state index contributed by atoms with van der Waals surface area (Å²) in [6, 6.07) is 2.69. The first-order valence-electron chi connectivity index (χ1n) is 9.02. The highest BCUT2D eigenvalue weighted by atomic mass is 32.1. The maximum atomic E-state index is 13.8. The van der Waals surface area contributed by atoms with Crippen LogP contribution in [0.25, 0.3) is 0 Å². The average Bonchev–Trinajstić information content (AvgIpc) is 3.12. The first kappa shape index (κ1) is 23.2. The van der Waals surface area contributed by atoms with Gasteiger partial charge >= 0.3 is 0 Å². The van der Waals surface area contributed by atoms with E-state index >= 15 is 0 Å². The standard InChI is InChI=1S/C18H20F2N4O2S.CH2O2/c1-10-11(2)24(17(26)15-9-27-18(21)22-15)6-5-23(10)16(25)7-12-3-4-13(19)8-14(12)20;2-1-3/h3-4,8-11H,5-7H2,1-2H3,(H2,21,22);1H,(H,2,3)/t10-,11+;/m1./s1. The van der Waals surface area contributed by atoms with Crippen molar-refractivity contribution in [2.45, 2.75) is 32.4 Å². The number of rotatable bonds is 3. The first-order valence-corrected chi connectivity index (χ1v) is 9.90. The van der Waals surface area contributed by atoms with Crippen molar-refractivity contribution in [2.24, 2.45) is 0 Å². The molecule has 2 aromatic rings. The Morgan fingerprint density at radius 1 is 1.27 bits per heavy atom. The molecule has 1 aromatic heterocycles. The van der Waals surface area contributed by atoms with Gasteiger partial charge in [-0.1, -0.05) is 6.07 Å². The molecule has 0 unspecified atom stereocenters. The van der Waals surface area contributed by atoms with Gasteiger partial charge in [0.05, 0.1) is 6.42 Å². The Kier molecular flexibility index (Phi) is 7.81.